The SMILES string of the molecule is CCOC(=O)C(OC[C@H]1O[C@@H](n2ccc(=O)[nH]c2=O)[C@H](O)[C@@H]1O)P(=O)(O)O. The van der Waals surface area contributed by atoms with Crippen LogP contribution in [0.1, 0.15) is 13.2 Å². The molecule has 0 aromatic carbocycles. The molecule has 0 radical (unpaired) electrons. The molecule has 0 amide bonds. The van der Waals surface area contributed by atoms with E-state index in [-0.39, 0.29) is 6.61 Å². The zero-order valence-corrected chi connectivity index (χ0v) is 14.9. The third-order valence-corrected chi connectivity index (χ3v) is 4.65. The van der Waals surface area contributed by atoms with Crippen LogP contribution < -0.4 is 11.2 Å². The van der Waals surface area contributed by atoms with E-state index in [1.54, 1.807) is 0 Å². The predicted octanol–water partition coefficient (Wildman–Crippen LogP) is -2.76. The normalized spacial score (nSPS) is 26.7. The fourth-order valence-corrected chi connectivity index (χ4v) is 3.06. The summed E-state index contributed by atoms with van der Waals surface area (Å²) in [6.45, 7) is 0.597. The Balaban J connectivity index is 2.13. The molecule has 1 fully saturated rings. The molecule has 0 saturated carbocycles. The number of aromatic amines is 1. The molecule has 1 saturated heterocycles. The summed E-state index contributed by atoms with van der Waals surface area (Å²) in [5, 5.41) is 20.1. The van der Waals surface area contributed by atoms with Crippen LogP contribution in [0.3, 0.4) is 0 Å². The highest BCUT2D eigenvalue weighted by molar-refractivity contribution is 7.53. The summed E-state index contributed by atoms with van der Waals surface area (Å²) in [6.07, 6.45) is -4.89. The lowest BCUT2D eigenvalue weighted by Gasteiger charge is -2.20. The van der Waals surface area contributed by atoms with Gasteiger partial charge in [0.1, 0.15) is 18.3 Å². The van der Waals surface area contributed by atoms with Gasteiger partial charge in [-0.1, -0.05) is 0 Å². The summed E-state index contributed by atoms with van der Waals surface area (Å²) in [7, 11) is -5.03. The molecule has 5 N–H and O–H groups in total. The predicted molar refractivity (Wildman–Crippen MR) is 85.7 cm³/mol. The van der Waals surface area contributed by atoms with Gasteiger partial charge in [-0.3, -0.25) is 18.9 Å². The number of nitrogens with zero attached hydrogens (tertiary/aromatic N) is 1. The minimum atomic E-state index is -5.03. The summed E-state index contributed by atoms with van der Waals surface area (Å²) >= 11 is 0. The van der Waals surface area contributed by atoms with Crippen LogP contribution in [0.15, 0.2) is 21.9 Å². The Bertz CT molecular complexity index is 830. The van der Waals surface area contributed by atoms with Crippen LogP contribution in [0.2, 0.25) is 0 Å². The monoisotopic (exact) mass is 410 g/mol. The van der Waals surface area contributed by atoms with Crippen LogP contribution in [0.5, 0.6) is 0 Å². The number of aromatic nitrogens is 2. The third-order valence-electron chi connectivity index (χ3n) is 3.67. The quantitative estimate of drug-likeness (QED) is 0.230. The van der Waals surface area contributed by atoms with Crippen molar-refractivity contribution in [3.63, 3.8) is 0 Å². The minimum Gasteiger partial charge on any atom is -0.464 e. The van der Waals surface area contributed by atoms with Crippen molar-refractivity contribution >= 4 is 13.6 Å². The maximum Gasteiger partial charge on any atom is 0.365 e. The van der Waals surface area contributed by atoms with Crippen molar-refractivity contribution in [3.8, 4) is 0 Å². The van der Waals surface area contributed by atoms with Crippen LogP contribution in [0.4, 0.5) is 0 Å². The molecule has 0 spiro atoms. The number of hydrogen-bond acceptors (Lipinski definition) is 9. The Hall–Kier alpha value is -1.86. The van der Waals surface area contributed by atoms with E-state index in [2.05, 4.69) is 4.74 Å². The molecule has 5 atom stereocenters. The van der Waals surface area contributed by atoms with Crippen molar-refractivity contribution in [2.45, 2.75) is 37.3 Å². The van der Waals surface area contributed by atoms with Crippen molar-refractivity contribution in [2.24, 2.45) is 0 Å². The molecular weight excluding hydrogens is 391 g/mol. The van der Waals surface area contributed by atoms with Gasteiger partial charge in [0.15, 0.2) is 6.23 Å². The molecule has 1 aliphatic heterocycles. The molecule has 27 heavy (non-hydrogen) atoms. The molecule has 152 valence electrons. The topological polar surface area (TPSA) is 198 Å². The molecule has 0 bridgehead atoms. The van der Waals surface area contributed by atoms with E-state index in [0.717, 1.165) is 16.8 Å². The Labute approximate surface area is 151 Å². The maximum atomic E-state index is 11.8. The lowest BCUT2D eigenvalue weighted by Crippen LogP contribution is -2.38. The van der Waals surface area contributed by atoms with E-state index in [1.807, 2.05) is 4.98 Å². The zero-order valence-electron chi connectivity index (χ0n) is 14.0. The molecule has 1 unspecified atom stereocenters. The lowest BCUT2D eigenvalue weighted by atomic mass is 10.1. The number of carbonyl (C=O) groups is 1. The molecule has 2 heterocycles. The van der Waals surface area contributed by atoms with Crippen LogP contribution >= 0.6 is 7.60 Å². The Morgan fingerprint density at radius 1 is 1.37 bits per heavy atom. The maximum absolute atomic E-state index is 11.8. The Morgan fingerprint density at radius 3 is 2.59 bits per heavy atom. The fraction of sp³-hybridized carbons (Fsp3) is 0.615. The number of rotatable bonds is 7. The summed E-state index contributed by atoms with van der Waals surface area (Å²) < 4.78 is 26.9. The van der Waals surface area contributed by atoms with E-state index in [1.165, 1.54) is 6.92 Å². The molecule has 0 aliphatic carbocycles. The van der Waals surface area contributed by atoms with E-state index >= 15 is 0 Å². The fourth-order valence-electron chi connectivity index (χ4n) is 2.43. The van der Waals surface area contributed by atoms with Crippen molar-refractivity contribution in [2.75, 3.05) is 13.2 Å². The number of hydrogen-bond donors (Lipinski definition) is 5. The molecule has 1 aromatic rings. The zero-order chi connectivity index (χ0) is 20.4. The summed E-state index contributed by atoms with van der Waals surface area (Å²) in [5.41, 5.74) is -1.58. The van der Waals surface area contributed by atoms with Gasteiger partial charge in [0.25, 0.3) is 11.4 Å². The molecule has 1 aliphatic rings. The number of esters is 1. The first-order chi connectivity index (χ1) is 12.6. The van der Waals surface area contributed by atoms with Crippen LogP contribution in [-0.4, -0.2) is 72.9 Å². The van der Waals surface area contributed by atoms with Gasteiger partial charge in [-0.25, -0.2) is 9.59 Å². The standard InChI is InChI=1S/C13H19N2O11P/c1-2-24-11(19)12(27(21,22)23)25-5-6-8(17)9(18)10(26-6)15-4-3-7(16)14-13(15)20/h3-4,6,8-10,12,17-18H,2,5H2,1H3,(H,14,16,20)(H2,21,22,23)/t6-,8-,9-,10-,12?/m1/s1. The highest BCUT2D eigenvalue weighted by Crippen LogP contribution is 2.43. The van der Waals surface area contributed by atoms with Crippen LogP contribution in [0, 0.1) is 0 Å². The smallest absolute Gasteiger partial charge is 0.365 e. The number of aliphatic hydroxyl groups excluding tert-OH is 2. The van der Waals surface area contributed by atoms with Crippen molar-refractivity contribution in [1.29, 1.82) is 0 Å². The molecule has 14 heteroatoms. The molecule has 1 aromatic heterocycles. The second-order valence-electron chi connectivity index (χ2n) is 5.59. The number of ether oxygens (including phenoxy) is 3. The van der Waals surface area contributed by atoms with E-state index in [9.17, 15) is 38.9 Å². The van der Waals surface area contributed by atoms with Crippen molar-refractivity contribution in [3.05, 3.63) is 33.1 Å². The van der Waals surface area contributed by atoms with Crippen LogP contribution in [-0.2, 0) is 23.6 Å². The first-order valence-electron chi connectivity index (χ1n) is 7.72. The van der Waals surface area contributed by atoms with E-state index in [4.69, 9.17) is 9.47 Å². The first kappa shape index (κ1) is 21.4. The van der Waals surface area contributed by atoms with Gasteiger partial charge in [-0.15, -0.1) is 0 Å². The summed E-state index contributed by atoms with van der Waals surface area (Å²) in [5.74, 6) is -3.53. The minimum absolute atomic E-state index is 0.142. The molecular formula is C13H19N2O11P. The van der Waals surface area contributed by atoms with Gasteiger partial charge >= 0.3 is 19.3 Å². The number of H-pyrrole nitrogens is 1. The second-order valence-corrected chi connectivity index (χ2v) is 7.24. The molecule has 2 rings (SSSR count). The van der Waals surface area contributed by atoms with Crippen molar-refractivity contribution in [1.82, 2.24) is 9.55 Å². The van der Waals surface area contributed by atoms with Gasteiger partial charge in [0.2, 0.25) is 0 Å². The van der Waals surface area contributed by atoms with Gasteiger partial charge in [-0.2, -0.15) is 0 Å². The van der Waals surface area contributed by atoms with Crippen LogP contribution in [0.25, 0.3) is 0 Å². The third kappa shape index (κ3) is 4.90. The van der Waals surface area contributed by atoms with Crippen molar-refractivity contribution < 1.29 is 43.6 Å². The highest BCUT2D eigenvalue weighted by Gasteiger charge is 2.46. The number of aliphatic hydroxyl groups is 2. The highest BCUT2D eigenvalue weighted by atomic mass is 31.2. The second kappa shape index (κ2) is 8.44. The summed E-state index contributed by atoms with van der Waals surface area (Å²) in [4.78, 5) is 54.9. The largest absolute Gasteiger partial charge is 0.464 e. The Kier molecular flexibility index (Phi) is 6.70. The van der Waals surface area contributed by atoms with Gasteiger partial charge in [0, 0.05) is 12.3 Å². The first-order valence-corrected chi connectivity index (χ1v) is 9.41. The van der Waals surface area contributed by atoms with Gasteiger partial charge < -0.3 is 34.2 Å². The number of carbonyl (C=O) groups excluding carboxylic acids is 1. The van der Waals surface area contributed by atoms with Gasteiger partial charge in [-0.05, 0) is 6.92 Å². The van der Waals surface area contributed by atoms with Gasteiger partial charge in [0.05, 0.1) is 13.2 Å². The summed E-state index contributed by atoms with van der Waals surface area (Å²) in [6, 6.07) is 0.998. The van der Waals surface area contributed by atoms with E-state index < -0.39 is 61.8 Å². The Morgan fingerprint density at radius 2 is 2.04 bits per heavy atom. The molecule has 13 nitrogen and oxygen atoms in total. The average molecular weight is 410 g/mol. The average Bonchev–Trinajstić information content (AvgIpc) is 2.82. The van der Waals surface area contributed by atoms with E-state index in [0.29, 0.717) is 0 Å². The number of nitrogens with one attached hydrogen (secondary N) is 1. The lowest BCUT2D eigenvalue weighted by molar-refractivity contribution is -0.155.